The Balaban J connectivity index is 3.07. The number of rotatable bonds is 8. The first kappa shape index (κ1) is 16.1. The van der Waals surface area contributed by atoms with Gasteiger partial charge in [0.25, 0.3) is 5.69 Å². The Hall–Kier alpha value is -1.99. The van der Waals surface area contributed by atoms with Crippen molar-refractivity contribution in [3.05, 3.63) is 39.4 Å². The summed E-state index contributed by atoms with van der Waals surface area (Å²) in [6.45, 7) is 4.13. The number of nitro groups is 1. The highest BCUT2D eigenvalue weighted by molar-refractivity contribution is 5.94. The van der Waals surface area contributed by atoms with Crippen molar-refractivity contribution in [1.82, 2.24) is 4.90 Å². The van der Waals surface area contributed by atoms with Gasteiger partial charge in [0.15, 0.2) is 0 Å². The van der Waals surface area contributed by atoms with Crippen molar-refractivity contribution in [2.45, 2.75) is 13.5 Å². The van der Waals surface area contributed by atoms with Gasteiger partial charge in [0.2, 0.25) is 0 Å². The van der Waals surface area contributed by atoms with E-state index in [1.807, 2.05) is 11.8 Å². The Kier molecular flexibility index (Phi) is 6.08. The molecule has 1 rings (SSSR count). The first-order valence-corrected chi connectivity index (χ1v) is 6.22. The van der Waals surface area contributed by atoms with Crippen LogP contribution in [0.2, 0.25) is 0 Å². The fraction of sp³-hybridized carbons (Fsp3) is 0.462. The Morgan fingerprint density at radius 1 is 1.50 bits per heavy atom. The highest BCUT2D eigenvalue weighted by Gasteiger charge is 2.24. The number of hydrogen-bond donors (Lipinski definition) is 1. The van der Waals surface area contributed by atoms with Crippen molar-refractivity contribution in [3.8, 4) is 0 Å². The van der Waals surface area contributed by atoms with E-state index in [9.17, 15) is 20.0 Å². The lowest BCUT2D eigenvalue weighted by molar-refractivity contribution is -0.385. The van der Waals surface area contributed by atoms with Gasteiger partial charge < -0.3 is 9.84 Å². The van der Waals surface area contributed by atoms with E-state index in [2.05, 4.69) is 0 Å². The van der Waals surface area contributed by atoms with Gasteiger partial charge in [-0.15, -0.1) is 0 Å². The van der Waals surface area contributed by atoms with Crippen LogP contribution in [0.4, 0.5) is 5.69 Å². The van der Waals surface area contributed by atoms with Crippen LogP contribution in [0.3, 0.4) is 0 Å². The maximum atomic E-state index is 11.3. The lowest BCUT2D eigenvalue weighted by Gasteiger charge is -2.20. The zero-order valence-electron chi connectivity index (χ0n) is 11.5. The molecule has 0 aliphatic heterocycles. The smallest absolute Gasteiger partial charge is 0.343 e. The van der Waals surface area contributed by atoms with E-state index in [4.69, 9.17) is 4.74 Å². The van der Waals surface area contributed by atoms with E-state index in [0.29, 0.717) is 31.8 Å². The lowest BCUT2D eigenvalue weighted by Crippen LogP contribution is -2.27. The first-order chi connectivity index (χ1) is 9.51. The van der Waals surface area contributed by atoms with Crippen molar-refractivity contribution in [1.29, 1.82) is 0 Å². The molecular weight excluding hydrogens is 264 g/mol. The molecule has 1 aromatic carbocycles. The van der Waals surface area contributed by atoms with Crippen LogP contribution in [-0.2, 0) is 11.3 Å². The van der Waals surface area contributed by atoms with Crippen LogP contribution in [-0.4, -0.2) is 47.7 Å². The van der Waals surface area contributed by atoms with E-state index in [-0.39, 0.29) is 11.3 Å². The topological polar surface area (TPSA) is 92.9 Å². The minimum absolute atomic E-state index is 0.242. The fourth-order valence-corrected chi connectivity index (χ4v) is 1.93. The van der Waals surface area contributed by atoms with Gasteiger partial charge in [-0.2, -0.15) is 0 Å². The summed E-state index contributed by atoms with van der Waals surface area (Å²) in [5.41, 5.74) is -0.184. The third-order valence-corrected chi connectivity index (χ3v) is 2.99. The van der Waals surface area contributed by atoms with E-state index >= 15 is 0 Å². The van der Waals surface area contributed by atoms with Gasteiger partial charge in [0, 0.05) is 26.3 Å². The van der Waals surface area contributed by atoms with Crippen molar-refractivity contribution >= 4 is 11.7 Å². The molecular formula is C13H18N2O5. The number of ether oxygens (including phenoxy) is 1. The second-order valence-corrected chi connectivity index (χ2v) is 4.24. The standard InChI is InChI=1S/C13H18N2O5/c1-3-14(7-8-20-2)9-10-5-4-6-11(15(18)19)12(10)13(16)17/h4-6H,3,7-9H2,1-2H3,(H,16,17). The zero-order valence-corrected chi connectivity index (χ0v) is 11.5. The molecule has 20 heavy (non-hydrogen) atoms. The third kappa shape index (κ3) is 4.01. The molecule has 0 aromatic heterocycles. The van der Waals surface area contributed by atoms with Gasteiger partial charge in [0.1, 0.15) is 5.56 Å². The molecule has 0 aliphatic carbocycles. The number of aromatic carboxylic acids is 1. The second kappa shape index (κ2) is 7.56. The number of nitrogens with zero attached hydrogens (tertiary/aromatic N) is 2. The Bertz CT molecular complexity index is 490. The molecule has 0 amide bonds. The highest BCUT2D eigenvalue weighted by Crippen LogP contribution is 2.23. The normalized spacial score (nSPS) is 10.8. The van der Waals surface area contributed by atoms with Crippen molar-refractivity contribution in [2.75, 3.05) is 26.8 Å². The zero-order chi connectivity index (χ0) is 15.1. The Labute approximate surface area is 116 Å². The van der Waals surface area contributed by atoms with Crippen molar-refractivity contribution in [2.24, 2.45) is 0 Å². The van der Waals surface area contributed by atoms with Crippen LogP contribution in [0.25, 0.3) is 0 Å². The largest absolute Gasteiger partial charge is 0.477 e. The summed E-state index contributed by atoms with van der Waals surface area (Å²) in [5, 5.41) is 20.1. The number of carboxylic acid groups (broad SMARTS) is 1. The van der Waals surface area contributed by atoms with Gasteiger partial charge in [-0.3, -0.25) is 15.0 Å². The summed E-state index contributed by atoms with van der Waals surface area (Å²) in [5.74, 6) is -1.28. The highest BCUT2D eigenvalue weighted by atomic mass is 16.6. The van der Waals surface area contributed by atoms with Crippen molar-refractivity contribution < 1.29 is 19.6 Å². The number of nitro benzene ring substituents is 1. The lowest BCUT2D eigenvalue weighted by atomic mass is 10.0. The molecule has 0 unspecified atom stereocenters. The molecule has 7 heteroatoms. The molecule has 110 valence electrons. The average molecular weight is 282 g/mol. The molecule has 1 N–H and O–H groups in total. The molecule has 0 atom stereocenters. The minimum Gasteiger partial charge on any atom is -0.477 e. The number of carboxylic acids is 1. The van der Waals surface area contributed by atoms with Crippen LogP contribution < -0.4 is 0 Å². The van der Waals surface area contributed by atoms with Crippen LogP contribution in [0.1, 0.15) is 22.8 Å². The van der Waals surface area contributed by atoms with E-state index in [0.717, 1.165) is 0 Å². The summed E-state index contributed by atoms with van der Waals surface area (Å²) < 4.78 is 4.99. The van der Waals surface area contributed by atoms with Crippen molar-refractivity contribution in [3.63, 3.8) is 0 Å². The summed E-state index contributed by atoms with van der Waals surface area (Å²) >= 11 is 0. The summed E-state index contributed by atoms with van der Waals surface area (Å²) in [6, 6.07) is 4.31. The fourth-order valence-electron chi connectivity index (χ4n) is 1.93. The van der Waals surface area contributed by atoms with Gasteiger partial charge in [-0.1, -0.05) is 19.1 Å². The SMILES string of the molecule is CCN(CCOC)Cc1cccc([N+](=O)[O-])c1C(=O)O. The number of carbonyl (C=O) groups is 1. The van der Waals surface area contributed by atoms with E-state index in [1.54, 1.807) is 13.2 Å². The molecule has 0 fully saturated rings. The van der Waals surface area contributed by atoms with Crippen LogP contribution in [0.15, 0.2) is 18.2 Å². The van der Waals surface area contributed by atoms with Gasteiger partial charge in [-0.25, -0.2) is 4.79 Å². The molecule has 1 aromatic rings. The molecule has 0 radical (unpaired) electrons. The number of methoxy groups -OCH3 is 1. The monoisotopic (exact) mass is 282 g/mol. The predicted molar refractivity (Wildman–Crippen MR) is 72.9 cm³/mol. The number of benzene rings is 1. The van der Waals surface area contributed by atoms with Crippen LogP contribution in [0.5, 0.6) is 0 Å². The third-order valence-electron chi connectivity index (χ3n) is 2.99. The van der Waals surface area contributed by atoms with E-state index < -0.39 is 10.9 Å². The Morgan fingerprint density at radius 2 is 2.20 bits per heavy atom. The molecule has 0 heterocycles. The minimum atomic E-state index is -1.28. The maximum Gasteiger partial charge on any atom is 0.343 e. The molecule has 0 aliphatic rings. The quantitative estimate of drug-likeness (QED) is 0.577. The van der Waals surface area contributed by atoms with Crippen LogP contribution in [0, 0.1) is 10.1 Å². The summed E-state index contributed by atoms with van der Waals surface area (Å²) in [7, 11) is 1.59. The Morgan fingerprint density at radius 3 is 2.70 bits per heavy atom. The summed E-state index contributed by atoms with van der Waals surface area (Å²) in [4.78, 5) is 23.5. The maximum absolute atomic E-state index is 11.3. The second-order valence-electron chi connectivity index (χ2n) is 4.24. The molecule has 0 bridgehead atoms. The average Bonchev–Trinajstić information content (AvgIpc) is 2.42. The molecule has 0 spiro atoms. The molecule has 0 saturated heterocycles. The van der Waals surface area contributed by atoms with Gasteiger partial charge >= 0.3 is 5.97 Å². The predicted octanol–water partition coefficient (Wildman–Crippen LogP) is 1.76. The number of hydrogen-bond acceptors (Lipinski definition) is 5. The van der Waals surface area contributed by atoms with Gasteiger partial charge in [-0.05, 0) is 12.1 Å². The first-order valence-electron chi connectivity index (χ1n) is 6.22. The van der Waals surface area contributed by atoms with Gasteiger partial charge in [0.05, 0.1) is 11.5 Å². The van der Waals surface area contributed by atoms with E-state index in [1.165, 1.54) is 12.1 Å². The molecule has 0 saturated carbocycles. The van der Waals surface area contributed by atoms with Crippen LogP contribution >= 0.6 is 0 Å². The summed E-state index contributed by atoms with van der Waals surface area (Å²) in [6.07, 6.45) is 0. The molecule has 7 nitrogen and oxygen atoms in total. The number of likely N-dealkylation sites (N-methyl/N-ethyl adjacent to an activating group) is 1.